The van der Waals surface area contributed by atoms with Crippen LogP contribution in [0.4, 0.5) is 0 Å². The molecule has 0 saturated heterocycles. The van der Waals surface area contributed by atoms with E-state index in [9.17, 15) is 0 Å². The Balaban J connectivity index is 1.04. The van der Waals surface area contributed by atoms with Crippen molar-refractivity contribution >= 4 is 43.1 Å². The lowest BCUT2D eigenvalue weighted by Crippen LogP contribution is -2.26. The van der Waals surface area contributed by atoms with E-state index in [1.54, 1.807) is 0 Å². The van der Waals surface area contributed by atoms with E-state index in [-0.39, 0.29) is 0 Å². The second-order valence-corrected chi connectivity index (χ2v) is 13.8. The van der Waals surface area contributed by atoms with Gasteiger partial charge in [0, 0.05) is 85.6 Å². The van der Waals surface area contributed by atoms with Gasteiger partial charge < -0.3 is 0 Å². The molecule has 0 fully saturated rings. The Morgan fingerprint density at radius 2 is 0.593 bits per heavy atom. The normalized spacial score (nSPS) is 11.7. The van der Waals surface area contributed by atoms with Crippen LogP contribution < -0.4 is 0 Å². The van der Waals surface area contributed by atoms with Crippen molar-refractivity contribution in [3.63, 3.8) is 0 Å². The van der Waals surface area contributed by atoms with Gasteiger partial charge in [0.25, 0.3) is 0 Å². The highest BCUT2D eigenvalue weighted by Crippen LogP contribution is 2.25. The van der Waals surface area contributed by atoms with Crippen LogP contribution in [0, 0.1) is 0 Å². The molecule has 0 aliphatic heterocycles. The number of aromatic nitrogens is 5. The fraction of sp³-hybridized carbons (Fsp3) is 0.128. The molecule has 262 valence electrons. The molecule has 54 heavy (non-hydrogen) atoms. The van der Waals surface area contributed by atoms with Gasteiger partial charge in [-0.3, -0.25) is 34.7 Å². The summed E-state index contributed by atoms with van der Waals surface area (Å²) in [5.41, 5.74) is 6.17. The highest BCUT2D eigenvalue weighted by molar-refractivity contribution is 5.86. The van der Waals surface area contributed by atoms with Gasteiger partial charge in [0.15, 0.2) is 0 Å². The predicted molar refractivity (Wildman–Crippen MR) is 217 cm³/mol. The molecule has 5 aromatic heterocycles. The summed E-state index contributed by atoms with van der Waals surface area (Å²) in [7, 11) is 0. The maximum atomic E-state index is 5.30. The van der Waals surface area contributed by atoms with Crippen molar-refractivity contribution in [2.24, 2.45) is 0 Å². The molecule has 0 unspecified atom stereocenters. The maximum absolute atomic E-state index is 5.30. The van der Waals surface area contributed by atoms with Crippen molar-refractivity contribution in [3.05, 3.63) is 198 Å². The fourth-order valence-electron chi connectivity index (χ4n) is 7.58. The third-order valence-electron chi connectivity index (χ3n) is 10.2. The summed E-state index contributed by atoms with van der Waals surface area (Å²) in [6.45, 7) is 3.90. The summed E-state index contributed by atoms with van der Waals surface area (Å²) in [5.74, 6) is 0. The molecule has 4 aromatic carbocycles. The van der Waals surface area contributed by atoms with Gasteiger partial charge in [-0.1, -0.05) is 103 Å². The average molecular weight is 702 g/mol. The van der Waals surface area contributed by atoms with Crippen molar-refractivity contribution in [1.29, 1.82) is 0 Å². The van der Waals surface area contributed by atoms with Gasteiger partial charge >= 0.3 is 0 Å². The smallest absolute Gasteiger partial charge is 0.0622 e. The van der Waals surface area contributed by atoms with Gasteiger partial charge in [0.05, 0.1) is 34.2 Å². The van der Waals surface area contributed by atoms with E-state index in [1.165, 1.54) is 21.5 Å². The van der Waals surface area contributed by atoms with Gasteiger partial charge in [0.2, 0.25) is 0 Å². The third-order valence-corrected chi connectivity index (χ3v) is 10.2. The molecule has 0 atom stereocenters. The van der Waals surface area contributed by atoms with Crippen LogP contribution in [0.3, 0.4) is 0 Å². The predicted octanol–water partition coefficient (Wildman–Crippen LogP) is 9.68. The van der Waals surface area contributed by atoms with E-state index >= 15 is 0 Å². The highest BCUT2D eigenvalue weighted by Gasteiger charge is 2.18. The van der Waals surface area contributed by atoms with E-state index < -0.39 is 0 Å². The summed E-state index contributed by atoms with van der Waals surface area (Å²) in [6.07, 6.45) is 7.65. The lowest BCUT2D eigenvalue weighted by atomic mass is 10.1. The molecule has 0 aliphatic rings. The molecule has 0 radical (unpaired) electrons. The van der Waals surface area contributed by atoms with Crippen molar-refractivity contribution in [2.45, 2.75) is 39.3 Å². The second-order valence-electron chi connectivity index (χ2n) is 13.8. The first kappa shape index (κ1) is 33.4. The van der Waals surface area contributed by atoms with Gasteiger partial charge in [-0.2, -0.15) is 0 Å². The minimum absolute atomic E-state index is 0.638. The molecule has 0 spiro atoms. The number of rotatable bonds is 12. The monoisotopic (exact) mass is 701 g/mol. The maximum Gasteiger partial charge on any atom is 0.0622 e. The Hall–Kier alpha value is -6.41. The Morgan fingerprint density at radius 1 is 0.296 bits per heavy atom. The Morgan fingerprint density at radius 3 is 0.907 bits per heavy atom. The van der Waals surface area contributed by atoms with Gasteiger partial charge in [0.1, 0.15) is 0 Å². The number of fused-ring (bicyclic) bond motifs is 4. The van der Waals surface area contributed by atoms with E-state index in [4.69, 9.17) is 24.9 Å². The molecule has 0 aliphatic carbocycles. The lowest BCUT2D eigenvalue weighted by Gasteiger charge is -2.24. The molecular weight excluding hydrogens is 663 g/mol. The Bertz CT molecular complexity index is 2360. The van der Waals surface area contributed by atoms with E-state index in [0.717, 1.165) is 55.7 Å². The SMILES string of the molecule is c1cc(CN(Cc2nccc3ccccc23)Cc2nccc3ccccc23)nc(CN(Cc2nccc3ccccc23)Cc2nccc3ccccc23)c1. The molecule has 0 N–H and O–H groups in total. The molecule has 9 rings (SSSR count). The number of nitrogens with zero attached hydrogens (tertiary/aromatic N) is 7. The standard InChI is InChI=1S/C47H39N7/c1-5-16-40-34(10-1)20-24-48-44(40)30-53(31-45-41-17-6-2-11-35(41)21-25-49-45)28-38-14-9-15-39(52-38)29-54(32-46-42-18-7-3-12-36(42)22-26-50-46)33-47-43-19-8-4-13-37(43)23-27-51-47/h1-27H,28-33H2. The molecule has 7 nitrogen and oxygen atoms in total. The zero-order valence-electron chi connectivity index (χ0n) is 30.0. The number of hydrogen-bond acceptors (Lipinski definition) is 7. The van der Waals surface area contributed by atoms with E-state index in [2.05, 4.69) is 149 Å². The Labute approximate surface area is 314 Å². The summed E-state index contributed by atoms with van der Waals surface area (Å²) < 4.78 is 0. The van der Waals surface area contributed by atoms with Gasteiger partial charge in [-0.25, -0.2) is 0 Å². The molecule has 5 heterocycles. The summed E-state index contributed by atoms with van der Waals surface area (Å²) >= 11 is 0. The van der Waals surface area contributed by atoms with Crippen LogP contribution in [-0.4, -0.2) is 34.7 Å². The molecule has 0 bridgehead atoms. The first-order valence-corrected chi connectivity index (χ1v) is 18.4. The second kappa shape index (κ2) is 15.3. The quantitative estimate of drug-likeness (QED) is 0.126. The van der Waals surface area contributed by atoms with Crippen molar-refractivity contribution < 1.29 is 0 Å². The first-order chi connectivity index (χ1) is 26.7. The molecule has 0 saturated carbocycles. The van der Waals surface area contributed by atoms with E-state index in [1.807, 2.05) is 24.8 Å². The largest absolute Gasteiger partial charge is 0.286 e. The zero-order valence-corrected chi connectivity index (χ0v) is 30.0. The summed E-state index contributed by atoms with van der Waals surface area (Å²) in [6, 6.07) is 48.6. The summed E-state index contributed by atoms with van der Waals surface area (Å²) in [4.78, 5) is 29.6. The average Bonchev–Trinajstić information content (AvgIpc) is 3.21. The minimum atomic E-state index is 0.638. The Kier molecular flexibility index (Phi) is 9.46. The van der Waals surface area contributed by atoms with Gasteiger partial charge in [-0.05, 0) is 57.9 Å². The minimum Gasteiger partial charge on any atom is -0.286 e. The van der Waals surface area contributed by atoms with Crippen LogP contribution in [0.15, 0.2) is 164 Å². The number of benzene rings is 4. The fourth-order valence-corrected chi connectivity index (χ4v) is 7.58. The van der Waals surface area contributed by atoms with Crippen molar-refractivity contribution in [1.82, 2.24) is 34.7 Å². The van der Waals surface area contributed by atoms with Crippen LogP contribution >= 0.6 is 0 Å². The number of hydrogen-bond donors (Lipinski definition) is 0. The van der Waals surface area contributed by atoms with Crippen LogP contribution in [-0.2, 0) is 39.3 Å². The molecule has 9 aromatic rings. The van der Waals surface area contributed by atoms with Gasteiger partial charge in [-0.15, -0.1) is 0 Å². The zero-order chi connectivity index (χ0) is 36.1. The van der Waals surface area contributed by atoms with Crippen LogP contribution in [0.2, 0.25) is 0 Å². The van der Waals surface area contributed by atoms with E-state index in [0.29, 0.717) is 39.3 Å². The van der Waals surface area contributed by atoms with Crippen LogP contribution in [0.25, 0.3) is 43.1 Å². The highest BCUT2D eigenvalue weighted by atomic mass is 15.2. The summed E-state index contributed by atoms with van der Waals surface area (Å²) in [5, 5.41) is 9.41. The van der Waals surface area contributed by atoms with Crippen LogP contribution in [0.5, 0.6) is 0 Å². The number of pyridine rings is 5. The topological polar surface area (TPSA) is 70.9 Å². The molecule has 0 amide bonds. The van der Waals surface area contributed by atoms with Crippen LogP contribution in [0.1, 0.15) is 34.2 Å². The molecular formula is C47H39N7. The van der Waals surface area contributed by atoms with Crippen molar-refractivity contribution in [2.75, 3.05) is 0 Å². The molecule has 7 heteroatoms. The first-order valence-electron chi connectivity index (χ1n) is 18.4. The third kappa shape index (κ3) is 7.28. The van der Waals surface area contributed by atoms with Crippen molar-refractivity contribution in [3.8, 4) is 0 Å². The lowest BCUT2D eigenvalue weighted by molar-refractivity contribution is 0.234.